The van der Waals surface area contributed by atoms with Gasteiger partial charge in [-0.05, 0) is 61.6 Å². The van der Waals surface area contributed by atoms with Crippen molar-refractivity contribution in [3.63, 3.8) is 0 Å². The highest BCUT2D eigenvalue weighted by Gasteiger charge is 2.44. The summed E-state index contributed by atoms with van der Waals surface area (Å²) in [5.41, 5.74) is 12.5. The van der Waals surface area contributed by atoms with Gasteiger partial charge in [0.1, 0.15) is 6.17 Å². The molecule has 3 N–H and O–H groups in total. The third-order valence-electron chi connectivity index (χ3n) is 6.44. The molecule has 33 heavy (non-hydrogen) atoms. The lowest BCUT2D eigenvalue weighted by molar-refractivity contribution is -0.113. The number of thioether (sulfide) groups is 1. The average molecular weight is 483 g/mol. The molecule has 172 valence electrons. The molecule has 5 rings (SSSR count). The van der Waals surface area contributed by atoms with E-state index in [9.17, 15) is 4.79 Å². The van der Waals surface area contributed by atoms with Crippen molar-refractivity contribution in [1.82, 2.24) is 20.8 Å². The fourth-order valence-electron chi connectivity index (χ4n) is 4.39. The van der Waals surface area contributed by atoms with E-state index in [1.165, 1.54) is 28.5 Å². The van der Waals surface area contributed by atoms with E-state index in [0.29, 0.717) is 5.02 Å². The van der Waals surface area contributed by atoms with E-state index < -0.39 is 0 Å². The Morgan fingerprint density at radius 3 is 2.79 bits per heavy atom. The summed E-state index contributed by atoms with van der Waals surface area (Å²) < 4.78 is 0. The summed E-state index contributed by atoms with van der Waals surface area (Å²) in [6, 6.07) is 12.6. The van der Waals surface area contributed by atoms with Crippen LogP contribution in [-0.4, -0.2) is 38.9 Å². The Labute approximate surface area is 203 Å². The van der Waals surface area contributed by atoms with Crippen LogP contribution in [-0.2, 0) is 4.79 Å². The summed E-state index contributed by atoms with van der Waals surface area (Å²) >= 11 is 7.48. The third kappa shape index (κ3) is 4.43. The van der Waals surface area contributed by atoms with Crippen molar-refractivity contribution in [1.29, 1.82) is 0 Å². The van der Waals surface area contributed by atoms with Crippen molar-refractivity contribution >= 4 is 40.1 Å². The second-order valence-corrected chi connectivity index (χ2v) is 10.1. The molecule has 0 aromatic heterocycles. The number of halogens is 1. The number of fused-ring (bicyclic) bond motifs is 3. The van der Waals surface area contributed by atoms with Crippen LogP contribution in [0.1, 0.15) is 34.7 Å². The lowest BCUT2D eigenvalue weighted by Gasteiger charge is -2.36. The van der Waals surface area contributed by atoms with Gasteiger partial charge in [0, 0.05) is 23.1 Å². The Morgan fingerprint density at radius 1 is 1.15 bits per heavy atom. The van der Waals surface area contributed by atoms with Gasteiger partial charge >= 0.3 is 0 Å². The van der Waals surface area contributed by atoms with Gasteiger partial charge in [-0.15, -0.1) is 0 Å². The number of hydrazine groups is 1. The molecular formula is C24H27ClN6OS. The number of nitrogens with one attached hydrogen (secondary N) is 3. The van der Waals surface area contributed by atoms with Crippen molar-refractivity contribution in [3.8, 4) is 0 Å². The van der Waals surface area contributed by atoms with Crippen LogP contribution >= 0.6 is 23.4 Å². The molecule has 0 spiro atoms. The normalized spacial score (nSPS) is 23.2. The Kier molecular flexibility index (Phi) is 5.99. The van der Waals surface area contributed by atoms with Gasteiger partial charge in [0.25, 0.3) is 0 Å². The number of hydrazone groups is 1. The molecule has 2 aromatic carbocycles. The van der Waals surface area contributed by atoms with Gasteiger partial charge in [-0.1, -0.05) is 47.6 Å². The molecule has 3 heterocycles. The molecule has 0 radical (unpaired) electrons. The maximum absolute atomic E-state index is 12.5. The zero-order valence-corrected chi connectivity index (χ0v) is 20.4. The smallest absolute Gasteiger partial charge is 0.234 e. The summed E-state index contributed by atoms with van der Waals surface area (Å²) in [6.07, 6.45) is 5.06. The fraction of sp³-hybridized carbons (Fsp3) is 0.333. The number of carbonyl (C=O) groups is 1. The zero-order chi connectivity index (χ0) is 23.1. The first-order valence-electron chi connectivity index (χ1n) is 11.0. The van der Waals surface area contributed by atoms with Gasteiger partial charge in [-0.2, -0.15) is 5.10 Å². The lowest BCUT2D eigenvalue weighted by atomic mass is 9.97. The van der Waals surface area contributed by atoms with E-state index in [0.717, 1.165) is 22.8 Å². The molecule has 0 saturated carbocycles. The number of amidine groups is 1. The van der Waals surface area contributed by atoms with Crippen molar-refractivity contribution in [2.24, 2.45) is 5.10 Å². The lowest BCUT2D eigenvalue weighted by Crippen LogP contribution is -2.54. The van der Waals surface area contributed by atoms with Gasteiger partial charge in [-0.25, -0.2) is 5.43 Å². The van der Waals surface area contributed by atoms with E-state index in [1.807, 2.05) is 25.3 Å². The average Bonchev–Trinajstić information content (AvgIpc) is 3.40. The molecule has 3 aliphatic heterocycles. The predicted octanol–water partition coefficient (Wildman–Crippen LogP) is 4.24. The van der Waals surface area contributed by atoms with Gasteiger partial charge in [0.2, 0.25) is 5.91 Å². The van der Waals surface area contributed by atoms with Gasteiger partial charge < -0.3 is 15.2 Å². The number of amides is 1. The second-order valence-electron chi connectivity index (χ2n) is 8.71. The topological polar surface area (TPSA) is 72.0 Å². The van der Waals surface area contributed by atoms with Crippen molar-refractivity contribution in [2.45, 2.75) is 45.4 Å². The maximum atomic E-state index is 12.5. The Balaban J connectivity index is 1.20. The summed E-state index contributed by atoms with van der Waals surface area (Å²) in [5.74, 6) is 0.179. The van der Waals surface area contributed by atoms with Crippen LogP contribution in [0.2, 0.25) is 5.02 Å². The number of rotatable bonds is 4. The Hall–Kier alpha value is -2.68. The quantitative estimate of drug-likeness (QED) is 0.605. The number of benzene rings is 2. The summed E-state index contributed by atoms with van der Waals surface area (Å²) in [6.45, 7) is 6.24. The summed E-state index contributed by atoms with van der Waals surface area (Å²) in [5, 5.41) is 11.0. The fourth-order valence-corrected chi connectivity index (χ4v) is 5.34. The standard InChI is InChI=1S/C24H27ClN6OS/c1-14-4-6-17(10-16(14)3)20-12-21-23-27-28-24(30(23)8-9-31(21)29-20)33-13-22(32)26-19-11-18(25)7-5-15(19)2/h4-11,20-21,23,27,29H,12-13H2,1-3H3,(H,26,32). The van der Waals surface area contributed by atoms with Crippen molar-refractivity contribution in [3.05, 3.63) is 76.1 Å². The van der Waals surface area contributed by atoms with Crippen LogP contribution in [0.5, 0.6) is 0 Å². The first-order valence-corrected chi connectivity index (χ1v) is 12.4. The predicted molar refractivity (Wildman–Crippen MR) is 135 cm³/mol. The molecular weight excluding hydrogens is 456 g/mol. The molecule has 0 bridgehead atoms. The number of nitrogens with zero attached hydrogens (tertiary/aromatic N) is 3. The number of carbonyl (C=O) groups excluding carboxylic acids is 1. The minimum atomic E-state index is -0.0866. The molecule has 3 aliphatic rings. The SMILES string of the molecule is Cc1ccc(C2CC3C4NN=C(SCC(=O)Nc5cc(Cl)ccc5C)N4C=CN3N2)cc1C. The number of hydrogen-bond acceptors (Lipinski definition) is 7. The number of aryl methyl sites for hydroxylation is 3. The van der Waals surface area contributed by atoms with E-state index in [4.69, 9.17) is 11.6 Å². The molecule has 1 fully saturated rings. The molecule has 1 saturated heterocycles. The Bertz CT molecular complexity index is 1150. The minimum Gasteiger partial charge on any atom is -0.325 e. The van der Waals surface area contributed by atoms with Crippen LogP contribution in [0.4, 0.5) is 5.69 Å². The van der Waals surface area contributed by atoms with Crippen molar-refractivity contribution < 1.29 is 4.79 Å². The van der Waals surface area contributed by atoms with Crippen molar-refractivity contribution in [2.75, 3.05) is 11.1 Å². The first-order chi connectivity index (χ1) is 15.9. The van der Waals surface area contributed by atoms with Crippen LogP contribution in [0.3, 0.4) is 0 Å². The molecule has 3 unspecified atom stereocenters. The molecule has 3 atom stereocenters. The Morgan fingerprint density at radius 2 is 1.97 bits per heavy atom. The van der Waals surface area contributed by atoms with Crippen LogP contribution < -0.4 is 16.2 Å². The van der Waals surface area contributed by atoms with Crippen LogP contribution in [0, 0.1) is 20.8 Å². The van der Waals surface area contributed by atoms with E-state index in [-0.39, 0.29) is 29.9 Å². The molecule has 1 amide bonds. The van der Waals surface area contributed by atoms with Gasteiger partial charge in [0.15, 0.2) is 5.17 Å². The van der Waals surface area contributed by atoms with Gasteiger partial charge in [-0.3, -0.25) is 10.2 Å². The third-order valence-corrected chi connectivity index (χ3v) is 7.65. The highest BCUT2D eigenvalue weighted by molar-refractivity contribution is 8.14. The molecule has 0 aliphatic carbocycles. The number of hydrogen-bond donors (Lipinski definition) is 3. The first kappa shape index (κ1) is 22.1. The molecule has 7 nitrogen and oxygen atoms in total. The monoisotopic (exact) mass is 482 g/mol. The number of anilines is 1. The second kappa shape index (κ2) is 8.93. The molecule has 2 aromatic rings. The van der Waals surface area contributed by atoms with Gasteiger partial charge in [0.05, 0.1) is 17.8 Å². The van der Waals surface area contributed by atoms with Crippen LogP contribution in [0.15, 0.2) is 53.9 Å². The van der Waals surface area contributed by atoms with E-state index >= 15 is 0 Å². The van der Waals surface area contributed by atoms with E-state index in [2.05, 4.69) is 69.4 Å². The maximum Gasteiger partial charge on any atom is 0.234 e. The zero-order valence-electron chi connectivity index (χ0n) is 18.8. The van der Waals surface area contributed by atoms with E-state index in [1.54, 1.807) is 6.07 Å². The largest absolute Gasteiger partial charge is 0.325 e. The van der Waals surface area contributed by atoms with Crippen LogP contribution in [0.25, 0.3) is 0 Å². The molecule has 9 heteroatoms. The highest BCUT2D eigenvalue weighted by atomic mass is 35.5. The highest BCUT2D eigenvalue weighted by Crippen LogP contribution is 2.35. The minimum absolute atomic E-state index is 0.0276. The summed E-state index contributed by atoms with van der Waals surface area (Å²) in [7, 11) is 0. The summed E-state index contributed by atoms with van der Waals surface area (Å²) in [4.78, 5) is 14.6.